The van der Waals surface area contributed by atoms with Gasteiger partial charge in [0.1, 0.15) is 11.6 Å². The van der Waals surface area contributed by atoms with Crippen molar-refractivity contribution in [1.82, 2.24) is 19.7 Å². The number of thiazole rings is 1. The Labute approximate surface area is 204 Å². The molecule has 0 aliphatic rings. The molecule has 2 aromatic heterocycles. The molecule has 0 atom stereocenters. The van der Waals surface area contributed by atoms with E-state index in [4.69, 9.17) is 28.6 Å². The van der Waals surface area contributed by atoms with Gasteiger partial charge in [-0.1, -0.05) is 54.1 Å². The minimum Gasteiger partial charge on any atom is -0.482 e. The van der Waals surface area contributed by atoms with E-state index in [0.717, 1.165) is 22.6 Å². The number of amides is 1. The van der Waals surface area contributed by atoms with Gasteiger partial charge in [0.25, 0.3) is 5.91 Å². The van der Waals surface area contributed by atoms with Crippen molar-refractivity contribution in [3.05, 3.63) is 87.9 Å². The van der Waals surface area contributed by atoms with Gasteiger partial charge >= 0.3 is 0 Å². The van der Waals surface area contributed by atoms with Crippen molar-refractivity contribution in [2.45, 2.75) is 13.0 Å². The number of aromatic amines is 1. The van der Waals surface area contributed by atoms with Crippen LogP contribution in [0.25, 0.3) is 11.1 Å². The lowest BCUT2D eigenvalue weighted by Crippen LogP contribution is -2.20. The van der Waals surface area contributed by atoms with Gasteiger partial charge in [0.2, 0.25) is 0 Å². The van der Waals surface area contributed by atoms with Gasteiger partial charge in [-0.2, -0.15) is 5.10 Å². The predicted octanol–water partition coefficient (Wildman–Crippen LogP) is 5.51. The summed E-state index contributed by atoms with van der Waals surface area (Å²) in [4.78, 5) is 16.8. The topological polar surface area (TPSA) is 84.8 Å². The van der Waals surface area contributed by atoms with Gasteiger partial charge in [0.15, 0.2) is 16.5 Å². The molecule has 0 saturated carbocycles. The summed E-state index contributed by atoms with van der Waals surface area (Å²) < 4.78 is 7.98. The van der Waals surface area contributed by atoms with Crippen molar-refractivity contribution in [3.63, 3.8) is 0 Å². The fraction of sp³-hybridized carbons (Fsp3) is 0.130. The molecule has 2 N–H and O–H groups in total. The fourth-order valence-corrected chi connectivity index (χ4v) is 4.32. The number of ether oxygens (including phenoxy) is 1. The second-order valence-corrected chi connectivity index (χ2v) is 8.67. The number of rotatable bonds is 9. The number of carbonyl (C=O) groups excluding carboxylic acids is 1. The maximum atomic E-state index is 12.3. The molecule has 7 nitrogen and oxygen atoms in total. The number of benzene rings is 2. The Morgan fingerprint density at radius 1 is 1.27 bits per heavy atom. The number of hydrogen-bond acceptors (Lipinski definition) is 6. The highest BCUT2D eigenvalue weighted by Gasteiger charge is 2.12. The zero-order valence-corrected chi connectivity index (χ0v) is 19.8. The summed E-state index contributed by atoms with van der Waals surface area (Å²) in [7, 11) is 0. The van der Waals surface area contributed by atoms with Crippen LogP contribution in [0.5, 0.6) is 5.75 Å². The molecular formula is C23H20ClN5O2S2. The zero-order valence-electron chi connectivity index (χ0n) is 17.5. The molecule has 10 heteroatoms. The molecule has 0 saturated heterocycles. The van der Waals surface area contributed by atoms with Gasteiger partial charge in [-0.15, -0.1) is 17.9 Å². The molecule has 0 unspecified atom stereocenters. The van der Waals surface area contributed by atoms with Crippen molar-refractivity contribution in [2.24, 2.45) is 0 Å². The van der Waals surface area contributed by atoms with Crippen LogP contribution in [-0.4, -0.2) is 32.3 Å². The van der Waals surface area contributed by atoms with Crippen LogP contribution in [0.1, 0.15) is 11.5 Å². The summed E-state index contributed by atoms with van der Waals surface area (Å²) in [5.74, 6) is 0.866. The van der Waals surface area contributed by atoms with Gasteiger partial charge in [-0.05, 0) is 35.5 Å². The van der Waals surface area contributed by atoms with Crippen LogP contribution in [0.4, 0.5) is 5.13 Å². The quantitative estimate of drug-likeness (QED) is 0.235. The van der Waals surface area contributed by atoms with Crippen molar-refractivity contribution in [2.75, 3.05) is 11.9 Å². The molecule has 4 rings (SSSR count). The number of aromatic nitrogens is 4. The first-order valence-corrected chi connectivity index (χ1v) is 11.7. The van der Waals surface area contributed by atoms with Crippen LogP contribution >= 0.6 is 35.2 Å². The molecule has 0 fully saturated rings. The predicted molar refractivity (Wildman–Crippen MR) is 134 cm³/mol. The zero-order chi connectivity index (χ0) is 23.2. The average molecular weight is 498 g/mol. The number of allylic oxidation sites excluding steroid dienone is 1. The normalized spacial score (nSPS) is 10.7. The molecule has 1 amide bonds. The third-order valence-electron chi connectivity index (χ3n) is 4.68. The molecule has 2 aromatic carbocycles. The van der Waals surface area contributed by atoms with Gasteiger partial charge in [0, 0.05) is 11.9 Å². The molecular weight excluding hydrogens is 478 g/mol. The molecule has 0 aliphatic carbocycles. The van der Waals surface area contributed by atoms with E-state index >= 15 is 0 Å². The molecule has 0 bridgehead atoms. The Morgan fingerprint density at radius 3 is 2.85 bits per heavy atom. The summed E-state index contributed by atoms with van der Waals surface area (Å²) in [6.45, 7) is 4.11. The van der Waals surface area contributed by atoms with E-state index in [2.05, 4.69) is 27.1 Å². The second-order valence-electron chi connectivity index (χ2n) is 7.01. The van der Waals surface area contributed by atoms with Crippen molar-refractivity contribution < 1.29 is 9.53 Å². The second kappa shape index (κ2) is 10.6. The molecule has 0 radical (unpaired) electrons. The van der Waals surface area contributed by atoms with Crippen LogP contribution in [0.2, 0.25) is 5.02 Å². The van der Waals surface area contributed by atoms with E-state index in [9.17, 15) is 4.79 Å². The summed E-state index contributed by atoms with van der Waals surface area (Å²) >= 11 is 12.9. The Morgan fingerprint density at radius 2 is 2.09 bits per heavy atom. The number of anilines is 1. The van der Waals surface area contributed by atoms with E-state index in [0.29, 0.717) is 33.6 Å². The van der Waals surface area contributed by atoms with Crippen LogP contribution in [-0.2, 0) is 17.8 Å². The fourth-order valence-electron chi connectivity index (χ4n) is 3.14. The largest absolute Gasteiger partial charge is 0.482 e. The lowest BCUT2D eigenvalue weighted by molar-refractivity contribution is -0.118. The lowest BCUT2D eigenvalue weighted by Gasteiger charge is -2.09. The summed E-state index contributed by atoms with van der Waals surface area (Å²) in [6.07, 6.45) is 2.23. The van der Waals surface area contributed by atoms with E-state index in [1.54, 1.807) is 12.1 Å². The Hall–Kier alpha value is -3.27. The first kappa shape index (κ1) is 22.9. The standard InChI is InChI=1S/C23H20ClN5O2S2/c1-2-10-29-20(27-28-23(29)32)12-17-14-33-22(25-17)26-21(30)13-31-19-9-8-16(11-18(19)24)15-6-4-3-5-7-15/h2-9,11,14H,1,10,12-13H2,(H,28,32)(H,25,26,30). The number of nitrogens with zero attached hydrogens (tertiary/aromatic N) is 3. The van der Waals surface area contributed by atoms with Crippen molar-refractivity contribution >= 4 is 46.2 Å². The van der Waals surface area contributed by atoms with E-state index < -0.39 is 0 Å². The number of hydrogen-bond donors (Lipinski definition) is 2. The van der Waals surface area contributed by atoms with Gasteiger partial charge in [-0.3, -0.25) is 19.8 Å². The van der Waals surface area contributed by atoms with Crippen molar-refractivity contribution in [3.8, 4) is 16.9 Å². The van der Waals surface area contributed by atoms with E-state index in [1.165, 1.54) is 11.3 Å². The van der Waals surface area contributed by atoms with Crippen LogP contribution < -0.4 is 10.1 Å². The Balaban J connectivity index is 1.33. The summed E-state index contributed by atoms with van der Waals surface area (Å²) in [6, 6.07) is 15.4. The van der Waals surface area contributed by atoms with Crippen LogP contribution in [0.3, 0.4) is 0 Å². The monoisotopic (exact) mass is 497 g/mol. The number of halogens is 1. The molecule has 4 aromatic rings. The highest BCUT2D eigenvalue weighted by Crippen LogP contribution is 2.30. The SMILES string of the molecule is C=CCn1c(Cc2csc(NC(=O)COc3ccc(-c4ccccc4)cc3Cl)n2)n[nH]c1=S. The molecule has 2 heterocycles. The lowest BCUT2D eigenvalue weighted by atomic mass is 10.1. The maximum Gasteiger partial charge on any atom is 0.264 e. The summed E-state index contributed by atoms with van der Waals surface area (Å²) in [5.41, 5.74) is 2.80. The minimum atomic E-state index is -0.326. The Kier molecular flexibility index (Phi) is 7.33. The number of nitrogens with one attached hydrogen (secondary N) is 2. The number of carbonyl (C=O) groups is 1. The van der Waals surface area contributed by atoms with E-state index in [1.807, 2.05) is 52.4 Å². The highest BCUT2D eigenvalue weighted by molar-refractivity contribution is 7.71. The van der Waals surface area contributed by atoms with Gasteiger partial charge in [0.05, 0.1) is 17.1 Å². The molecule has 0 aliphatic heterocycles. The summed E-state index contributed by atoms with van der Waals surface area (Å²) in [5, 5.41) is 12.6. The third-order valence-corrected chi connectivity index (χ3v) is 6.10. The molecule has 168 valence electrons. The Bertz CT molecular complexity index is 1330. The van der Waals surface area contributed by atoms with Gasteiger partial charge < -0.3 is 4.74 Å². The first-order chi connectivity index (χ1) is 16.0. The maximum absolute atomic E-state index is 12.3. The van der Waals surface area contributed by atoms with Gasteiger partial charge in [-0.25, -0.2) is 4.98 Å². The molecule has 0 spiro atoms. The third kappa shape index (κ3) is 5.75. The van der Waals surface area contributed by atoms with E-state index in [-0.39, 0.29) is 12.5 Å². The van der Waals surface area contributed by atoms with Crippen molar-refractivity contribution in [1.29, 1.82) is 0 Å². The first-order valence-electron chi connectivity index (χ1n) is 10.0. The van der Waals surface area contributed by atoms with Crippen LogP contribution in [0.15, 0.2) is 66.6 Å². The smallest absolute Gasteiger partial charge is 0.264 e. The number of H-pyrrole nitrogens is 1. The average Bonchev–Trinajstić information content (AvgIpc) is 3.40. The van der Waals surface area contributed by atoms with Crippen LogP contribution in [0, 0.1) is 4.77 Å². The minimum absolute atomic E-state index is 0.183. The highest BCUT2D eigenvalue weighted by atomic mass is 35.5. The molecule has 33 heavy (non-hydrogen) atoms.